The summed E-state index contributed by atoms with van der Waals surface area (Å²) >= 11 is 1.35. The van der Waals surface area contributed by atoms with E-state index in [9.17, 15) is 4.39 Å². The topological polar surface area (TPSA) is 37.8 Å². The van der Waals surface area contributed by atoms with Crippen molar-refractivity contribution >= 4 is 11.5 Å². The molecule has 0 saturated carbocycles. The van der Waals surface area contributed by atoms with Crippen molar-refractivity contribution in [1.82, 2.24) is 14.9 Å². The van der Waals surface area contributed by atoms with Crippen LogP contribution in [0.3, 0.4) is 0 Å². The van der Waals surface area contributed by atoms with Gasteiger partial charge in [-0.1, -0.05) is 30.5 Å². The number of rotatable bonds is 4. The second-order valence-corrected chi connectivity index (χ2v) is 4.93. The second-order valence-electron chi connectivity index (χ2n) is 4.09. The van der Waals surface area contributed by atoms with Crippen LogP contribution in [0.1, 0.15) is 18.7 Å². The molecule has 1 N–H and O–H groups in total. The number of benzene rings is 1. The Labute approximate surface area is 104 Å². The number of halogens is 1. The standard InChI is InChI=1S/C12H14FN3S/c1-8(2)14-7-11-12(15-16-17-11)9-4-3-5-10(13)6-9/h3-6,8,14H,7H2,1-2H3. The molecular formula is C12H14FN3S. The summed E-state index contributed by atoms with van der Waals surface area (Å²) in [6, 6.07) is 6.84. The predicted octanol–water partition coefficient (Wildman–Crippen LogP) is 2.84. The smallest absolute Gasteiger partial charge is 0.123 e. The van der Waals surface area contributed by atoms with Crippen LogP contribution in [0.15, 0.2) is 24.3 Å². The van der Waals surface area contributed by atoms with Crippen LogP contribution in [0.25, 0.3) is 11.3 Å². The van der Waals surface area contributed by atoms with Crippen LogP contribution < -0.4 is 5.32 Å². The fourth-order valence-corrected chi connectivity index (χ4v) is 2.09. The highest BCUT2D eigenvalue weighted by molar-refractivity contribution is 7.05. The highest BCUT2D eigenvalue weighted by Gasteiger charge is 2.11. The number of hydrogen-bond acceptors (Lipinski definition) is 4. The molecule has 17 heavy (non-hydrogen) atoms. The average molecular weight is 251 g/mol. The maximum absolute atomic E-state index is 13.1. The van der Waals surface area contributed by atoms with Gasteiger partial charge in [0.15, 0.2) is 0 Å². The second kappa shape index (κ2) is 5.33. The highest BCUT2D eigenvalue weighted by atomic mass is 32.1. The van der Waals surface area contributed by atoms with E-state index in [1.165, 1.54) is 23.7 Å². The molecule has 0 unspecified atom stereocenters. The Hall–Kier alpha value is -1.33. The van der Waals surface area contributed by atoms with Crippen LogP contribution in [0, 0.1) is 5.82 Å². The minimum absolute atomic E-state index is 0.252. The average Bonchev–Trinajstić information content (AvgIpc) is 2.74. The molecule has 0 aliphatic rings. The van der Waals surface area contributed by atoms with Crippen LogP contribution in [0.5, 0.6) is 0 Å². The quantitative estimate of drug-likeness (QED) is 0.908. The van der Waals surface area contributed by atoms with Crippen molar-refractivity contribution in [1.29, 1.82) is 0 Å². The van der Waals surface area contributed by atoms with E-state index in [-0.39, 0.29) is 5.82 Å². The summed E-state index contributed by atoms with van der Waals surface area (Å²) in [7, 11) is 0. The molecular weight excluding hydrogens is 237 g/mol. The maximum atomic E-state index is 13.1. The van der Waals surface area contributed by atoms with E-state index in [0.717, 1.165) is 16.1 Å². The number of nitrogens with zero attached hydrogens (tertiary/aromatic N) is 2. The zero-order valence-electron chi connectivity index (χ0n) is 9.77. The van der Waals surface area contributed by atoms with Crippen LogP contribution >= 0.6 is 11.5 Å². The van der Waals surface area contributed by atoms with Gasteiger partial charge in [0.25, 0.3) is 0 Å². The van der Waals surface area contributed by atoms with Crippen molar-refractivity contribution in [3.05, 3.63) is 35.0 Å². The van der Waals surface area contributed by atoms with Crippen molar-refractivity contribution < 1.29 is 4.39 Å². The fourth-order valence-electron chi connectivity index (χ4n) is 1.48. The summed E-state index contributed by atoms with van der Waals surface area (Å²) in [4.78, 5) is 1.03. The van der Waals surface area contributed by atoms with Crippen molar-refractivity contribution in [2.24, 2.45) is 0 Å². The van der Waals surface area contributed by atoms with Crippen LogP contribution in [-0.2, 0) is 6.54 Å². The third-order valence-corrected chi connectivity index (χ3v) is 3.05. The predicted molar refractivity (Wildman–Crippen MR) is 67.3 cm³/mol. The molecule has 1 aromatic carbocycles. The molecule has 2 rings (SSSR count). The maximum Gasteiger partial charge on any atom is 0.123 e. The van der Waals surface area contributed by atoms with Gasteiger partial charge in [-0.2, -0.15) is 0 Å². The van der Waals surface area contributed by atoms with E-state index in [0.29, 0.717) is 12.6 Å². The highest BCUT2D eigenvalue weighted by Crippen LogP contribution is 2.24. The molecule has 0 aliphatic heterocycles. The molecule has 5 heteroatoms. The molecule has 0 atom stereocenters. The molecule has 90 valence electrons. The first-order chi connectivity index (χ1) is 8.16. The zero-order chi connectivity index (χ0) is 12.3. The van der Waals surface area contributed by atoms with Crippen molar-refractivity contribution in [2.75, 3.05) is 0 Å². The minimum atomic E-state index is -0.252. The Kier molecular flexibility index (Phi) is 3.81. The first kappa shape index (κ1) is 12.1. The third-order valence-electron chi connectivity index (χ3n) is 2.32. The van der Waals surface area contributed by atoms with Crippen molar-refractivity contribution in [3.8, 4) is 11.3 Å². The third kappa shape index (κ3) is 3.08. The summed E-state index contributed by atoms with van der Waals surface area (Å²) in [5.41, 5.74) is 1.54. The molecule has 3 nitrogen and oxygen atoms in total. The van der Waals surface area contributed by atoms with Gasteiger partial charge in [0.1, 0.15) is 11.5 Å². The van der Waals surface area contributed by atoms with Crippen LogP contribution in [0.2, 0.25) is 0 Å². The normalized spacial score (nSPS) is 11.1. The van der Waals surface area contributed by atoms with E-state index < -0.39 is 0 Å². The van der Waals surface area contributed by atoms with Crippen molar-refractivity contribution in [3.63, 3.8) is 0 Å². The first-order valence-corrected chi connectivity index (χ1v) is 6.24. The molecule has 0 spiro atoms. The molecule has 0 bridgehead atoms. The summed E-state index contributed by atoms with van der Waals surface area (Å²) < 4.78 is 17.1. The van der Waals surface area contributed by atoms with E-state index in [1.54, 1.807) is 6.07 Å². The lowest BCUT2D eigenvalue weighted by molar-refractivity contribution is 0.593. The van der Waals surface area contributed by atoms with Gasteiger partial charge in [0.05, 0.1) is 4.88 Å². The zero-order valence-corrected chi connectivity index (χ0v) is 10.6. The number of aromatic nitrogens is 2. The summed E-state index contributed by atoms with van der Waals surface area (Å²) in [6.07, 6.45) is 0. The Morgan fingerprint density at radius 3 is 2.94 bits per heavy atom. The van der Waals surface area contributed by atoms with Gasteiger partial charge in [0, 0.05) is 18.2 Å². The number of hydrogen-bond donors (Lipinski definition) is 1. The van der Waals surface area contributed by atoms with Gasteiger partial charge in [-0.15, -0.1) is 5.10 Å². The summed E-state index contributed by atoms with van der Waals surface area (Å²) in [5, 5.41) is 7.38. The molecule has 2 aromatic rings. The lowest BCUT2D eigenvalue weighted by Gasteiger charge is -2.07. The number of nitrogens with one attached hydrogen (secondary N) is 1. The Bertz CT molecular complexity index is 496. The molecule has 0 saturated heterocycles. The van der Waals surface area contributed by atoms with Gasteiger partial charge in [-0.05, 0) is 23.7 Å². The SMILES string of the molecule is CC(C)NCc1snnc1-c1cccc(F)c1. The Balaban J connectivity index is 2.24. The lowest BCUT2D eigenvalue weighted by Crippen LogP contribution is -2.21. The lowest BCUT2D eigenvalue weighted by atomic mass is 10.1. The molecule has 0 fully saturated rings. The largest absolute Gasteiger partial charge is 0.310 e. The van der Waals surface area contributed by atoms with Gasteiger partial charge in [-0.25, -0.2) is 4.39 Å². The van der Waals surface area contributed by atoms with Gasteiger partial charge in [0.2, 0.25) is 0 Å². The molecule has 1 heterocycles. The van der Waals surface area contributed by atoms with Gasteiger partial charge >= 0.3 is 0 Å². The first-order valence-electron chi connectivity index (χ1n) is 5.47. The molecule has 0 aliphatic carbocycles. The van der Waals surface area contributed by atoms with Crippen LogP contribution in [-0.4, -0.2) is 15.6 Å². The summed E-state index contributed by atoms with van der Waals surface area (Å²) in [6.45, 7) is 4.87. The van der Waals surface area contributed by atoms with Gasteiger partial charge < -0.3 is 5.32 Å². The molecule has 1 aromatic heterocycles. The summed E-state index contributed by atoms with van der Waals surface area (Å²) in [5.74, 6) is -0.252. The van der Waals surface area contributed by atoms with Crippen molar-refractivity contribution in [2.45, 2.75) is 26.4 Å². The Morgan fingerprint density at radius 2 is 2.24 bits per heavy atom. The van der Waals surface area contributed by atoms with E-state index in [4.69, 9.17) is 0 Å². The molecule has 0 amide bonds. The Morgan fingerprint density at radius 1 is 1.41 bits per heavy atom. The van der Waals surface area contributed by atoms with E-state index in [1.807, 2.05) is 6.07 Å². The molecule has 0 radical (unpaired) electrons. The monoisotopic (exact) mass is 251 g/mol. The van der Waals surface area contributed by atoms with E-state index >= 15 is 0 Å². The van der Waals surface area contributed by atoms with E-state index in [2.05, 4.69) is 28.8 Å². The van der Waals surface area contributed by atoms with Crippen LogP contribution in [0.4, 0.5) is 4.39 Å². The van der Waals surface area contributed by atoms with Gasteiger partial charge in [-0.3, -0.25) is 0 Å². The fraction of sp³-hybridized carbons (Fsp3) is 0.333. The minimum Gasteiger partial charge on any atom is -0.310 e.